The highest BCUT2D eigenvalue weighted by molar-refractivity contribution is 7.89. The van der Waals surface area contributed by atoms with Crippen molar-refractivity contribution in [1.82, 2.24) is 8.61 Å². The summed E-state index contributed by atoms with van der Waals surface area (Å²) in [6.07, 6.45) is 5.65. The van der Waals surface area contributed by atoms with Gasteiger partial charge in [-0.25, -0.2) is 16.8 Å². The molecular weight excluding hydrogens is 552 g/mol. The zero-order chi connectivity index (χ0) is 28.9. The number of hydrogen-bond acceptors (Lipinski definition) is 7. The zero-order valence-electron chi connectivity index (χ0n) is 23.6. The molecule has 2 saturated heterocycles. The lowest BCUT2D eigenvalue weighted by molar-refractivity contribution is 0.102. The first kappa shape index (κ1) is 30.3. The number of carbonyl (C=O) groups excluding carboxylic acids is 1. The van der Waals surface area contributed by atoms with Crippen molar-refractivity contribution >= 4 is 37.3 Å². The highest BCUT2D eigenvalue weighted by Gasteiger charge is 2.30. The molecule has 4 rings (SSSR count). The number of carbonyl (C=O) groups is 1. The van der Waals surface area contributed by atoms with Gasteiger partial charge < -0.3 is 15.0 Å². The smallest absolute Gasteiger partial charge is 0.257 e. The second kappa shape index (κ2) is 12.9. The molecule has 220 valence electrons. The van der Waals surface area contributed by atoms with E-state index in [2.05, 4.69) is 10.2 Å². The maximum atomic E-state index is 13.7. The molecule has 0 unspecified atom stereocenters. The number of hydrogen-bond donors (Lipinski definition) is 1. The number of nitrogens with one attached hydrogen (secondary N) is 1. The topological polar surface area (TPSA) is 116 Å². The predicted octanol–water partition coefficient (Wildman–Crippen LogP) is 4.14. The Morgan fingerprint density at radius 1 is 0.875 bits per heavy atom. The van der Waals surface area contributed by atoms with Gasteiger partial charge in [0.05, 0.1) is 17.6 Å². The molecule has 0 bridgehead atoms. The molecule has 0 spiro atoms. The fraction of sp³-hybridized carbons (Fsp3) is 0.536. The molecule has 40 heavy (non-hydrogen) atoms. The fourth-order valence-corrected chi connectivity index (χ4v) is 8.56. The minimum absolute atomic E-state index is 0.0104. The summed E-state index contributed by atoms with van der Waals surface area (Å²) >= 11 is 0. The Labute approximate surface area is 238 Å². The van der Waals surface area contributed by atoms with Crippen molar-refractivity contribution in [3.63, 3.8) is 0 Å². The summed E-state index contributed by atoms with van der Waals surface area (Å²) in [4.78, 5) is 15.9. The van der Waals surface area contributed by atoms with Crippen molar-refractivity contribution in [2.24, 2.45) is 0 Å². The molecule has 0 radical (unpaired) electrons. The van der Waals surface area contributed by atoms with Crippen molar-refractivity contribution in [2.45, 2.75) is 62.2 Å². The average molecular weight is 593 g/mol. The molecule has 1 amide bonds. The number of methoxy groups -OCH3 is 1. The quantitative estimate of drug-likeness (QED) is 0.441. The number of ether oxygens (including phenoxy) is 1. The monoisotopic (exact) mass is 592 g/mol. The first-order chi connectivity index (χ1) is 19.1. The van der Waals surface area contributed by atoms with Crippen LogP contribution in [0.1, 0.15) is 62.7 Å². The van der Waals surface area contributed by atoms with Crippen molar-refractivity contribution in [3.8, 4) is 5.75 Å². The molecule has 12 heteroatoms. The molecule has 2 heterocycles. The molecule has 0 aliphatic carbocycles. The van der Waals surface area contributed by atoms with Gasteiger partial charge in [0, 0.05) is 50.6 Å². The van der Waals surface area contributed by atoms with Gasteiger partial charge >= 0.3 is 0 Å². The van der Waals surface area contributed by atoms with Gasteiger partial charge in [-0.3, -0.25) is 4.79 Å². The van der Waals surface area contributed by atoms with Crippen LogP contribution in [0.3, 0.4) is 0 Å². The van der Waals surface area contributed by atoms with Gasteiger partial charge in [0.1, 0.15) is 10.6 Å². The lowest BCUT2D eigenvalue weighted by Gasteiger charge is -2.31. The van der Waals surface area contributed by atoms with Gasteiger partial charge in [0.15, 0.2) is 0 Å². The van der Waals surface area contributed by atoms with Crippen LogP contribution in [0.15, 0.2) is 46.2 Å². The lowest BCUT2D eigenvalue weighted by atomic mass is 10.1. The molecule has 0 atom stereocenters. The van der Waals surface area contributed by atoms with Gasteiger partial charge in [-0.05, 0) is 68.5 Å². The van der Waals surface area contributed by atoms with Gasteiger partial charge in [0.25, 0.3) is 5.91 Å². The zero-order valence-corrected chi connectivity index (χ0v) is 25.2. The highest BCUT2D eigenvalue weighted by Crippen LogP contribution is 2.33. The second-order valence-electron chi connectivity index (χ2n) is 10.1. The molecular formula is C28H40N4O6S2. The van der Waals surface area contributed by atoms with Crippen LogP contribution >= 0.6 is 0 Å². The van der Waals surface area contributed by atoms with E-state index in [1.165, 1.54) is 33.9 Å². The normalized spacial score (nSPS) is 17.1. The molecule has 2 aliphatic heterocycles. The fourth-order valence-electron chi connectivity index (χ4n) is 5.38. The Bertz CT molecular complexity index is 1410. The highest BCUT2D eigenvalue weighted by atomic mass is 32.2. The standard InChI is InChI=1S/C28H40N4O6S2/c1-4-31(5-2)39(34,35)23-13-14-25(30-16-8-6-9-17-30)24(21-23)28(33)29-22-12-15-26(38-3)27(20-22)40(36,37)32-18-10-7-11-19-32/h12-15,20-21H,4-11,16-19H2,1-3H3,(H,29,33). The summed E-state index contributed by atoms with van der Waals surface area (Å²) < 4.78 is 61.7. The van der Waals surface area contributed by atoms with E-state index in [-0.39, 0.29) is 26.8 Å². The predicted molar refractivity (Wildman–Crippen MR) is 156 cm³/mol. The third kappa shape index (κ3) is 6.29. The maximum Gasteiger partial charge on any atom is 0.257 e. The van der Waals surface area contributed by atoms with E-state index in [9.17, 15) is 21.6 Å². The first-order valence-corrected chi connectivity index (χ1v) is 16.9. The molecule has 2 fully saturated rings. The van der Waals surface area contributed by atoms with Gasteiger partial charge in [0.2, 0.25) is 20.0 Å². The van der Waals surface area contributed by atoms with Crippen molar-refractivity contribution in [3.05, 3.63) is 42.0 Å². The Morgan fingerprint density at radius 3 is 2.10 bits per heavy atom. The molecule has 2 aliphatic rings. The summed E-state index contributed by atoms with van der Waals surface area (Å²) in [7, 11) is -6.21. The Morgan fingerprint density at radius 2 is 1.50 bits per heavy atom. The van der Waals surface area contributed by atoms with E-state index < -0.39 is 26.0 Å². The summed E-state index contributed by atoms with van der Waals surface area (Å²) in [5.74, 6) is -0.312. The van der Waals surface area contributed by atoms with Crippen LogP contribution in [0.25, 0.3) is 0 Å². The van der Waals surface area contributed by atoms with Gasteiger partial charge in [-0.1, -0.05) is 20.3 Å². The van der Waals surface area contributed by atoms with Gasteiger partial charge in [-0.2, -0.15) is 8.61 Å². The van der Waals surface area contributed by atoms with Crippen LogP contribution in [0, 0.1) is 0 Å². The first-order valence-electron chi connectivity index (χ1n) is 14.0. The van der Waals surface area contributed by atoms with E-state index in [4.69, 9.17) is 4.74 Å². The summed E-state index contributed by atoms with van der Waals surface area (Å²) in [5, 5.41) is 2.83. The molecule has 1 N–H and O–H groups in total. The molecule has 2 aromatic carbocycles. The largest absolute Gasteiger partial charge is 0.495 e. The van der Waals surface area contributed by atoms with Crippen LogP contribution in [0.5, 0.6) is 5.75 Å². The lowest BCUT2D eigenvalue weighted by Crippen LogP contribution is -2.35. The molecule has 0 aromatic heterocycles. The minimum atomic E-state index is -3.83. The van der Waals surface area contributed by atoms with Gasteiger partial charge in [-0.15, -0.1) is 0 Å². The number of nitrogens with zero attached hydrogens (tertiary/aromatic N) is 3. The van der Waals surface area contributed by atoms with Crippen LogP contribution < -0.4 is 15.0 Å². The number of piperidine rings is 2. The third-order valence-electron chi connectivity index (χ3n) is 7.61. The van der Waals surface area contributed by atoms with Crippen LogP contribution in [0.2, 0.25) is 0 Å². The molecule has 0 saturated carbocycles. The molecule has 2 aromatic rings. The van der Waals surface area contributed by atoms with E-state index >= 15 is 0 Å². The number of benzene rings is 2. The van der Waals surface area contributed by atoms with E-state index in [1.54, 1.807) is 32.0 Å². The van der Waals surface area contributed by atoms with E-state index in [0.717, 1.165) is 51.6 Å². The SMILES string of the molecule is CCN(CC)S(=O)(=O)c1ccc(N2CCCCC2)c(C(=O)Nc2ccc(OC)c(S(=O)(=O)N3CCCCC3)c2)c1. The summed E-state index contributed by atoms with van der Waals surface area (Å²) in [6, 6.07) is 9.23. The average Bonchev–Trinajstić information content (AvgIpc) is 2.98. The van der Waals surface area contributed by atoms with E-state index in [0.29, 0.717) is 31.9 Å². The van der Waals surface area contributed by atoms with Crippen molar-refractivity contribution in [1.29, 1.82) is 0 Å². The molecule has 10 nitrogen and oxygen atoms in total. The summed E-state index contributed by atoms with van der Waals surface area (Å²) in [6.45, 7) is 6.59. The Balaban J connectivity index is 1.72. The van der Waals surface area contributed by atoms with E-state index in [1.807, 2.05) is 0 Å². The number of amides is 1. The van der Waals surface area contributed by atoms with Crippen molar-refractivity contribution in [2.75, 3.05) is 56.6 Å². The second-order valence-corrected chi connectivity index (χ2v) is 13.9. The third-order valence-corrected chi connectivity index (χ3v) is 11.6. The summed E-state index contributed by atoms with van der Waals surface area (Å²) in [5.41, 5.74) is 1.17. The minimum Gasteiger partial charge on any atom is -0.495 e. The van der Waals surface area contributed by atoms with Crippen LogP contribution in [-0.4, -0.2) is 77.7 Å². The number of anilines is 2. The maximum absolute atomic E-state index is 13.7. The Kier molecular flexibility index (Phi) is 9.76. The number of sulfonamides is 2. The Hall–Kier alpha value is -2.67. The number of rotatable bonds is 10. The van der Waals surface area contributed by atoms with Crippen molar-refractivity contribution < 1.29 is 26.4 Å². The van der Waals surface area contributed by atoms with Crippen LogP contribution in [0.4, 0.5) is 11.4 Å². The van der Waals surface area contributed by atoms with Crippen LogP contribution in [-0.2, 0) is 20.0 Å².